The van der Waals surface area contributed by atoms with Gasteiger partial charge in [-0.2, -0.15) is 0 Å². The van der Waals surface area contributed by atoms with Crippen LogP contribution < -0.4 is 9.80 Å². The molecule has 1 aliphatic heterocycles. The van der Waals surface area contributed by atoms with Gasteiger partial charge in [0, 0.05) is 10.7 Å². The highest BCUT2D eigenvalue weighted by Crippen LogP contribution is 2.19. The molecule has 0 saturated carbocycles. The molecule has 4 heteroatoms. The molecule has 1 aliphatic rings. The van der Waals surface area contributed by atoms with Gasteiger partial charge in [-0.3, -0.25) is 0 Å². The van der Waals surface area contributed by atoms with Crippen LogP contribution in [0.4, 0.5) is 5.69 Å². The van der Waals surface area contributed by atoms with Crippen molar-refractivity contribution in [2.45, 2.75) is 0 Å². The molecule has 0 spiro atoms. The molecule has 0 aliphatic carbocycles. The van der Waals surface area contributed by atoms with Crippen LogP contribution in [0, 0.1) is 0 Å². The fraction of sp³-hybridized carbons (Fsp3) is 0.263. The van der Waals surface area contributed by atoms with Crippen LogP contribution >= 0.6 is 23.2 Å². The van der Waals surface area contributed by atoms with Crippen LogP contribution in [-0.4, -0.2) is 32.7 Å². The average Bonchev–Trinajstić information content (AvgIpc) is 2.56. The first-order chi connectivity index (χ1) is 11.2. The van der Waals surface area contributed by atoms with Crippen molar-refractivity contribution in [3.05, 3.63) is 70.2 Å². The van der Waals surface area contributed by atoms with E-state index in [2.05, 4.69) is 29.2 Å². The fourth-order valence-corrected chi connectivity index (χ4v) is 3.45. The van der Waals surface area contributed by atoms with Crippen LogP contribution in [0.15, 0.2) is 59.6 Å². The Morgan fingerprint density at radius 1 is 1.04 bits per heavy atom. The molecule has 0 radical (unpaired) electrons. The summed E-state index contributed by atoms with van der Waals surface area (Å²) < 4.78 is 0. The maximum absolute atomic E-state index is 6.43. The first-order valence-corrected chi connectivity index (χ1v) is 8.71. The van der Waals surface area contributed by atoms with Gasteiger partial charge in [0.05, 0.1) is 31.2 Å². The first kappa shape index (κ1) is 16.4. The van der Waals surface area contributed by atoms with E-state index in [0.29, 0.717) is 0 Å². The van der Waals surface area contributed by atoms with Crippen molar-refractivity contribution in [2.75, 3.05) is 37.6 Å². The van der Waals surface area contributed by atoms with E-state index in [1.165, 1.54) is 10.6 Å². The number of halogens is 2. The second-order valence-electron chi connectivity index (χ2n) is 5.90. The molecule has 23 heavy (non-hydrogen) atoms. The maximum Gasteiger partial charge on any atom is 0.114 e. The number of nitrogens with zero attached hydrogens (tertiary/aromatic N) is 1. The second-order valence-corrected chi connectivity index (χ2v) is 6.82. The van der Waals surface area contributed by atoms with Crippen LogP contribution in [0.25, 0.3) is 6.08 Å². The Balaban J connectivity index is 1.54. The number of piperazine rings is 1. The highest BCUT2D eigenvalue weighted by molar-refractivity contribution is 6.31. The lowest BCUT2D eigenvalue weighted by atomic mass is 10.2. The molecule has 0 aromatic heterocycles. The Morgan fingerprint density at radius 2 is 1.78 bits per heavy atom. The Labute approximate surface area is 147 Å². The summed E-state index contributed by atoms with van der Waals surface area (Å²) in [7, 11) is 0. The van der Waals surface area contributed by atoms with Crippen LogP contribution in [0.1, 0.15) is 5.56 Å². The van der Waals surface area contributed by atoms with Crippen molar-refractivity contribution in [3.8, 4) is 0 Å². The summed E-state index contributed by atoms with van der Waals surface area (Å²) in [6.45, 7) is 5.13. The van der Waals surface area contributed by atoms with Crippen LogP contribution in [-0.2, 0) is 0 Å². The quantitative estimate of drug-likeness (QED) is 0.891. The predicted molar refractivity (Wildman–Crippen MR) is 99.5 cm³/mol. The summed E-state index contributed by atoms with van der Waals surface area (Å²) in [4.78, 5) is 3.92. The first-order valence-electron chi connectivity index (χ1n) is 7.96. The zero-order valence-corrected chi connectivity index (χ0v) is 14.5. The monoisotopic (exact) mass is 347 g/mol. The van der Waals surface area contributed by atoms with Crippen molar-refractivity contribution >= 4 is 35.0 Å². The Morgan fingerprint density at radius 3 is 2.48 bits per heavy atom. The average molecular weight is 348 g/mol. The lowest BCUT2D eigenvalue weighted by molar-refractivity contribution is -0.895. The van der Waals surface area contributed by atoms with Gasteiger partial charge in [0.15, 0.2) is 0 Å². The molecule has 1 N–H and O–H groups in total. The molecule has 2 nitrogen and oxygen atoms in total. The summed E-state index contributed by atoms with van der Waals surface area (Å²) >= 11 is 12.5. The third-order valence-corrected chi connectivity index (χ3v) is 4.66. The number of hydrogen-bond donors (Lipinski definition) is 1. The third-order valence-electron chi connectivity index (χ3n) is 4.19. The summed E-state index contributed by atoms with van der Waals surface area (Å²) in [5, 5.41) is 1.72. The number of quaternary nitrogens is 1. The van der Waals surface area contributed by atoms with Gasteiger partial charge in [-0.15, -0.1) is 0 Å². The number of anilines is 1. The van der Waals surface area contributed by atoms with E-state index >= 15 is 0 Å². The second kappa shape index (κ2) is 7.87. The smallest absolute Gasteiger partial charge is 0.114 e. The number of hydrogen-bond acceptors (Lipinski definition) is 1. The zero-order chi connectivity index (χ0) is 16.1. The van der Waals surface area contributed by atoms with Crippen LogP contribution in [0.5, 0.6) is 0 Å². The van der Waals surface area contributed by atoms with Crippen LogP contribution in [0.3, 0.4) is 0 Å². The molecule has 2 aromatic carbocycles. The minimum absolute atomic E-state index is 0.797. The van der Waals surface area contributed by atoms with Gasteiger partial charge in [-0.25, -0.2) is 0 Å². The summed E-state index contributed by atoms with van der Waals surface area (Å²) in [6.07, 6.45) is 2.07. The molecule has 120 valence electrons. The Bertz CT molecular complexity index is 662. The van der Waals surface area contributed by atoms with E-state index in [1.54, 1.807) is 0 Å². The van der Waals surface area contributed by atoms with E-state index in [1.807, 2.05) is 36.4 Å². The van der Waals surface area contributed by atoms with Gasteiger partial charge in [0.25, 0.3) is 0 Å². The number of nitrogens with one attached hydrogen (secondary N) is 1. The number of benzene rings is 2. The Hall–Kier alpha value is -1.48. The largest absolute Gasteiger partial charge is 0.360 e. The highest BCUT2D eigenvalue weighted by atomic mass is 35.5. The van der Waals surface area contributed by atoms with Gasteiger partial charge in [-0.05, 0) is 29.8 Å². The molecular formula is C19H21Cl2N2+. The molecule has 1 fully saturated rings. The number of rotatable bonds is 4. The van der Waals surface area contributed by atoms with Gasteiger partial charge < -0.3 is 9.80 Å². The maximum atomic E-state index is 6.43. The van der Waals surface area contributed by atoms with Crippen LogP contribution in [0.2, 0.25) is 5.02 Å². The molecular weight excluding hydrogens is 327 g/mol. The van der Waals surface area contributed by atoms with Crippen molar-refractivity contribution in [2.24, 2.45) is 0 Å². The molecule has 1 heterocycles. The molecule has 0 amide bonds. The molecule has 2 aromatic rings. The molecule has 1 saturated heterocycles. The van der Waals surface area contributed by atoms with Gasteiger partial charge >= 0.3 is 0 Å². The lowest BCUT2D eigenvalue weighted by Gasteiger charge is -2.33. The summed E-state index contributed by atoms with van der Waals surface area (Å²) in [6, 6.07) is 18.3. The van der Waals surface area contributed by atoms with E-state index in [-0.39, 0.29) is 0 Å². The van der Waals surface area contributed by atoms with Crippen molar-refractivity contribution in [3.63, 3.8) is 0 Å². The van der Waals surface area contributed by atoms with E-state index < -0.39 is 0 Å². The topological polar surface area (TPSA) is 7.68 Å². The van der Waals surface area contributed by atoms with Gasteiger partial charge in [0.1, 0.15) is 6.54 Å². The van der Waals surface area contributed by atoms with Gasteiger partial charge in [0.2, 0.25) is 0 Å². The van der Waals surface area contributed by atoms with E-state index in [4.69, 9.17) is 23.2 Å². The standard InChI is InChI=1S/C19H20Cl2N2/c20-17-7-4-8-19(14-17)23-11-9-22(10-12-23)15-18(21)13-16-5-2-1-3-6-16/h1-8,13-14H,9-12,15H2/p+1/b18-13-. The van der Waals surface area contributed by atoms with E-state index in [9.17, 15) is 0 Å². The SMILES string of the molecule is Cl/C(=C\c1ccccc1)C[NH+]1CCN(c2cccc(Cl)c2)CC1. The fourth-order valence-electron chi connectivity index (χ4n) is 2.95. The molecule has 3 rings (SSSR count). The minimum atomic E-state index is 0.797. The van der Waals surface area contributed by atoms with Crippen molar-refractivity contribution in [1.82, 2.24) is 0 Å². The summed E-state index contributed by atoms with van der Waals surface area (Å²) in [5.74, 6) is 0. The van der Waals surface area contributed by atoms with Gasteiger partial charge in [-0.1, -0.05) is 59.6 Å². The minimum Gasteiger partial charge on any atom is -0.360 e. The lowest BCUT2D eigenvalue weighted by Crippen LogP contribution is -3.15. The zero-order valence-electron chi connectivity index (χ0n) is 13.0. The predicted octanol–water partition coefficient (Wildman–Crippen LogP) is 3.32. The highest BCUT2D eigenvalue weighted by Gasteiger charge is 2.20. The normalized spacial score (nSPS) is 16.6. The Kier molecular flexibility index (Phi) is 5.60. The molecule has 0 unspecified atom stereocenters. The van der Waals surface area contributed by atoms with Crippen molar-refractivity contribution in [1.29, 1.82) is 0 Å². The molecule has 0 bridgehead atoms. The van der Waals surface area contributed by atoms with E-state index in [0.717, 1.165) is 48.3 Å². The molecule has 0 atom stereocenters. The third kappa shape index (κ3) is 4.74. The van der Waals surface area contributed by atoms with Crippen molar-refractivity contribution < 1.29 is 4.90 Å². The summed E-state index contributed by atoms with van der Waals surface area (Å²) in [5.41, 5.74) is 2.37.